The van der Waals surface area contributed by atoms with Crippen molar-refractivity contribution in [2.45, 2.75) is 59.2 Å². The summed E-state index contributed by atoms with van der Waals surface area (Å²) in [5, 5.41) is 10.6. The Morgan fingerprint density at radius 1 is 1.26 bits per heavy atom. The van der Waals surface area contributed by atoms with Crippen molar-refractivity contribution in [3.63, 3.8) is 0 Å². The van der Waals surface area contributed by atoms with Crippen LogP contribution in [0.3, 0.4) is 0 Å². The minimum absolute atomic E-state index is 0.0693. The molecular formula is C23H28O4. The smallest absolute Gasteiger partial charge is 0.170 e. The number of Topliss-reactive ketones (excluding diaryl/α,β-unsaturated/α-hetero) is 1. The normalized spacial score (nSPS) is 15.1. The van der Waals surface area contributed by atoms with Crippen LogP contribution in [0.2, 0.25) is 0 Å². The average molecular weight is 368 g/mol. The summed E-state index contributed by atoms with van der Waals surface area (Å²) in [7, 11) is 0. The first-order valence-electron chi connectivity index (χ1n) is 9.54. The van der Waals surface area contributed by atoms with Crippen molar-refractivity contribution in [3.05, 3.63) is 53.1 Å². The highest BCUT2D eigenvalue weighted by molar-refractivity contribution is 6.02. The quantitative estimate of drug-likeness (QED) is 0.703. The van der Waals surface area contributed by atoms with Gasteiger partial charge in [0, 0.05) is 18.1 Å². The van der Waals surface area contributed by atoms with Crippen molar-refractivity contribution >= 4 is 5.78 Å². The molecule has 1 heterocycles. The highest BCUT2D eigenvalue weighted by Gasteiger charge is 2.34. The molecule has 0 amide bonds. The summed E-state index contributed by atoms with van der Waals surface area (Å²) in [5.74, 6) is 1.12. The first-order valence-corrected chi connectivity index (χ1v) is 9.54. The lowest BCUT2D eigenvalue weighted by Crippen LogP contribution is -2.33. The number of carbonyl (C=O) groups excluding carboxylic acids is 1. The van der Waals surface area contributed by atoms with Crippen molar-refractivity contribution in [1.82, 2.24) is 0 Å². The summed E-state index contributed by atoms with van der Waals surface area (Å²) in [5.41, 5.74) is 1.82. The van der Waals surface area contributed by atoms with E-state index in [0.29, 0.717) is 30.1 Å². The second kappa shape index (κ2) is 7.63. The van der Waals surface area contributed by atoms with E-state index in [4.69, 9.17) is 9.47 Å². The Kier molecular flexibility index (Phi) is 5.45. The zero-order valence-corrected chi connectivity index (χ0v) is 16.5. The third kappa shape index (κ3) is 4.44. The monoisotopic (exact) mass is 368 g/mol. The number of hydrogen-bond donors (Lipinski definition) is 1. The molecule has 0 fully saturated rings. The lowest BCUT2D eigenvalue weighted by Gasteiger charge is -2.34. The van der Waals surface area contributed by atoms with Crippen LogP contribution in [0.5, 0.6) is 17.2 Å². The van der Waals surface area contributed by atoms with Crippen molar-refractivity contribution in [3.8, 4) is 17.2 Å². The Morgan fingerprint density at radius 2 is 1.96 bits per heavy atom. The molecule has 0 radical (unpaired) electrons. The molecule has 4 heteroatoms. The van der Waals surface area contributed by atoms with E-state index in [9.17, 15) is 9.90 Å². The minimum Gasteiger partial charge on any atom is -0.507 e. The Labute approximate surface area is 161 Å². The molecule has 0 aliphatic carbocycles. The van der Waals surface area contributed by atoms with E-state index >= 15 is 0 Å². The van der Waals surface area contributed by atoms with Gasteiger partial charge in [0.2, 0.25) is 0 Å². The molecular weight excluding hydrogens is 340 g/mol. The van der Waals surface area contributed by atoms with Gasteiger partial charge in [-0.3, -0.25) is 4.79 Å². The van der Waals surface area contributed by atoms with Crippen molar-refractivity contribution < 1.29 is 19.4 Å². The maximum Gasteiger partial charge on any atom is 0.170 e. The number of carbonyl (C=O) groups is 1. The van der Waals surface area contributed by atoms with E-state index in [1.165, 1.54) is 0 Å². The van der Waals surface area contributed by atoms with Gasteiger partial charge in [-0.15, -0.1) is 0 Å². The van der Waals surface area contributed by atoms with Crippen molar-refractivity contribution in [2.75, 3.05) is 0 Å². The van der Waals surface area contributed by atoms with Gasteiger partial charge in [-0.25, -0.2) is 0 Å². The van der Waals surface area contributed by atoms with Crippen LogP contribution in [-0.2, 0) is 13.0 Å². The fourth-order valence-electron chi connectivity index (χ4n) is 3.37. The Balaban J connectivity index is 1.99. The molecule has 1 N–H and O–H groups in total. The topological polar surface area (TPSA) is 55.8 Å². The summed E-state index contributed by atoms with van der Waals surface area (Å²) in [4.78, 5) is 12.8. The SMILES string of the molecule is CC(C)CC(=O)c1c(O)cc(OCc2ccccc2)c2c1OC(C)(C)CC2. The standard InChI is InChI=1S/C23H28O4/c1-15(2)12-18(24)21-19(25)13-20(26-14-16-8-6-5-7-9-16)17-10-11-23(3,4)27-22(17)21/h5-9,13,15,25H,10-12,14H2,1-4H3. The highest BCUT2D eigenvalue weighted by Crippen LogP contribution is 2.45. The Hall–Kier alpha value is -2.49. The number of ketones is 1. The average Bonchev–Trinajstić information content (AvgIpc) is 2.58. The van der Waals surface area contributed by atoms with Gasteiger partial charge < -0.3 is 14.6 Å². The van der Waals surface area contributed by atoms with Crippen LogP contribution in [0.1, 0.15) is 62.0 Å². The van der Waals surface area contributed by atoms with Crippen LogP contribution in [0.25, 0.3) is 0 Å². The number of rotatable bonds is 6. The number of benzene rings is 2. The van der Waals surface area contributed by atoms with Gasteiger partial charge in [0.1, 0.15) is 35.0 Å². The second-order valence-corrected chi connectivity index (χ2v) is 8.23. The third-order valence-electron chi connectivity index (χ3n) is 4.79. The summed E-state index contributed by atoms with van der Waals surface area (Å²) >= 11 is 0. The maximum atomic E-state index is 12.8. The molecule has 0 saturated carbocycles. The van der Waals surface area contributed by atoms with E-state index < -0.39 is 0 Å². The lowest BCUT2D eigenvalue weighted by atomic mass is 9.89. The molecule has 0 unspecified atom stereocenters. The molecule has 1 aliphatic heterocycles. The van der Waals surface area contributed by atoms with Gasteiger partial charge in [-0.1, -0.05) is 44.2 Å². The van der Waals surface area contributed by atoms with E-state index in [-0.39, 0.29) is 23.1 Å². The van der Waals surface area contributed by atoms with Crippen LogP contribution >= 0.6 is 0 Å². The fraction of sp³-hybridized carbons (Fsp3) is 0.435. The lowest BCUT2D eigenvalue weighted by molar-refractivity contribution is 0.0781. The molecule has 27 heavy (non-hydrogen) atoms. The molecule has 0 bridgehead atoms. The van der Waals surface area contributed by atoms with Gasteiger partial charge in [0.25, 0.3) is 0 Å². The van der Waals surface area contributed by atoms with Crippen LogP contribution in [0, 0.1) is 5.92 Å². The summed E-state index contributed by atoms with van der Waals surface area (Å²) in [6.45, 7) is 8.38. The summed E-state index contributed by atoms with van der Waals surface area (Å²) in [6, 6.07) is 11.4. The highest BCUT2D eigenvalue weighted by atomic mass is 16.5. The molecule has 0 saturated heterocycles. The molecule has 1 aliphatic rings. The molecule has 144 valence electrons. The largest absolute Gasteiger partial charge is 0.507 e. The van der Waals surface area contributed by atoms with Crippen molar-refractivity contribution in [1.29, 1.82) is 0 Å². The van der Waals surface area contributed by atoms with Gasteiger partial charge in [0.05, 0.1) is 0 Å². The molecule has 0 atom stereocenters. The Bertz CT molecular complexity index is 822. The number of ether oxygens (including phenoxy) is 2. The number of fused-ring (bicyclic) bond motifs is 1. The van der Waals surface area contributed by atoms with E-state index in [0.717, 1.165) is 24.0 Å². The second-order valence-electron chi connectivity index (χ2n) is 8.23. The molecule has 3 rings (SSSR count). The fourth-order valence-corrected chi connectivity index (χ4v) is 3.37. The maximum absolute atomic E-state index is 12.8. The molecule has 4 nitrogen and oxygen atoms in total. The zero-order chi connectivity index (χ0) is 19.6. The van der Waals surface area contributed by atoms with Crippen LogP contribution < -0.4 is 9.47 Å². The van der Waals surface area contributed by atoms with Gasteiger partial charge in [0.15, 0.2) is 5.78 Å². The van der Waals surface area contributed by atoms with Crippen LogP contribution in [0.4, 0.5) is 0 Å². The Morgan fingerprint density at radius 3 is 2.63 bits per heavy atom. The first-order chi connectivity index (χ1) is 12.8. The number of phenols is 1. The molecule has 0 spiro atoms. The van der Waals surface area contributed by atoms with Gasteiger partial charge in [-0.2, -0.15) is 0 Å². The van der Waals surface area contributed by atoms with Gasteiger partial charge >= 0.3 is 0 Å². The van der Waals surface area contributed by atoms with Gasteiger partial charge in [-0.05, 0) is 38.2 Å². The zero-order valence-electron chi connectivity index (χ0n) is 16.5. The number of phenolic OH excluding ortho intramolecular Hbond substituents is 1. The van der Waals surface area contributed by atoms with E-state index in [1.807, 2.05) is 58.0 Å². The minimum atomic E-state index is -0.385. The number of aromatic hydroxyl groups is 1. The molecule has 0 aromatic heterocycles. The van der Waals surface area contributed by atoms with Crippen LogP contribution in [-0.4, -0.2) is 16.5 Å². The predicted molar refractivity (Wildman–Crippen MR) is 106 cm³/mol. The first kappa shape index (κ1) is 19.3. The van der Waals surface area contributed by atoms with E-state index in [1.54, 1.807) is 6.07 Å². The van der Waals surface area contributed by atoms with Crippen LogP contribution in [0.15, 0.2) is 36.4 Å². The number of hydrogen-bond acceptors (Lipinski definition) is 4. The molecule has 2 aromatic carbocycles. The van der Waals surface area contributed by atoms with Crippen molar-refractivity contribution in [2.24, 2.45) is 5.92 Å². The summed E-state index contributed by atoms with van der Waals surface area (Å²) in [6.07, 6.45) is 1.94. The predicted octanol–water partition coefficient (Wildman–Crippen LogP) is 5.30. The summed E-state index contributed by atoms with van der Waals surface area (Å²) < 4.78 is 12.2. The molecule has 2 aromatic rings. The van der Waals surface area contributed by atoms with E-state index in [2.05, 4.69) is 0 Å². The third-order valence-corrected chi connectivity index (χ3v) is 4.79.